The van der Waals surface area contributed by atoms with Crippen LogP contribution in [0.3, 0.4) is 0 Å². The lowest BCUT2D eigenvalue weighted by atomic mass is 10.2. The van der Waals surface area contributed by atoms with E-state index in [0.717, 1.165) is 0 Å². The molecule has 0 unspecified atom stereocenters. The van der Waals surface area contributed by atoms with Crippen LogP contribution in [0.4, 0.5) is 5.82 Å². The lowest BCUT2D eigenvalue weighted by Crippen LogP contribution is -1.93. The molecule has 6 heteroatoms. The van der Waals surface area contributed by atoms with Gasteiger partial charge in [-0.15, -0.1) is 0 Å². The summed E-state index contributed by atoms with van der Waals surface area (Å²) < 4.78 is 5.22. The van der Waals surface area contributed by atoms with Crippen molar-refractivity contribution in [2.45, 2.75) is 0 Å². The number of aromatic amines is 1. The van der Waals surface area contributed by atoms with E-state index >= 15 is 0 Å². The number of H-pyrrole nitrogens is 1. The molecule has 3 aromatic rings. The third-order valence-corrected chi connectivity index (χ3v) is 2.32. The Balaban J connectivity index is 2.04. The van der Waals surface area contributed by atoms with Gasteiger partial charge in [0.15, 0.2) is 17.4 Å². The minimum atomic E-state index is 0.400. The molecule has 3 rings (SSSR count). The van der Waals surface area contributed by atoms with Gasteiger partial charge in [0.2, 0.25) is 0 Å². The van der Waals surface area contributed by atoms with Crippen LogP contribution >= 0.6 is 0 Å². The maximum atomic E-state index is 5.75. The van der Waals surface area contributed by atoms with E-state index in [1.165, 1.54) is 0 Å². The van der Waals surface area contributed by atoms with E-state index in [-0.39, 0.29) is 0 Å². The van der Waals surface area contributed by atoms with Gasteiger partial charge < -0.3 is 10.2 Å². The van der Waals surface area contributed by atoms with Crippen LogP contribution in [0.5, 0.6) is 0 Å². The van der Waals surface area contributed by atoms with Crippen molar-refractivity contribution in [3.05, 3.63) is 36.7 Å². The summed E-state index contributed by atoms with van der Waals surface area (Å²) in [6.07, 6.45) is 3.20. The fraction of sp³-hybridized carbons (Fsp3) is 0. The Labute approximate surface area is 96.5 Å². The number of hydrogen-bond acceptors (Lipinski definition) is 5. The number of anilines is 1. The summed E-state index contributed by atoms with van der Waals surface area (Å²) in [5.41, 5.74) is 6.45. The first-order valence-electron chi connectivity index (χ1n) is 5.02. The number of furan rings is 1. The van der Waals surface area contributed by atoms with Gasteiger partial charge in [-0.25, -0.2) is 9.97 Å². The predicted octanol–water partition coefficient (Wildman–Crippen LogP) is 1.71. The lowest BCUT2D eigenvalue weighted by molar-refractivity contribution is 0.577. The van der Waals surface area contributed by atoms with Gasteiger partial charge >= 0.3 is 0 Å². The number of nitrogens with two attached hydrogens (primary N) is 1. The molecule has 3 aromatic heterocycles. The molecule has 0 amide bonds. The van der Waals surface area contributed by atoms with Crippen molar-refractivity contribution in [3.63, 3.8) is 0 Å². The quantitative estimate of drug-likeness (QED) is 0.695. The molecule has 0 aliphatic carbocycles. The molecule has 17 heavy (non-hydrogen) atoms. The minimum absolute atomic E-state index is 0.400. The van der Waals surface area contributed by atoms with E-state index in [0.29, 0.717) is 28.8 Å². The molecule has 3 N–H and O–H groups in total. The Bertz CT molecular complexity index is 629. The third kappa shape index (κ3) is 1.65. The largest absolute Gasteiger partial charge is 0.461 e. The standard InChI is InChI=1S/C11H9N5O/c12-9-7(3-1-5-13-9)10-14-11(16-15-10)8-4-2-6-17-8/h1-6H,(H2,12,13)(H,14,15,16). The summed E-state index contributed by atoms with van der Waals surface area (Å²) in [6.45, 7) is 0. The zero-order valence-corrected chi connectivity index (χ0v) is 8.79. The lowest BCUT2D eigenvalue weighted by Gasteiger charge is -1.97. The predicted molar refractivity (Wildman–Crippen MR) is 61.7 cm³/mol. The van der Waals surface area contributed by atoms with Crippen molar-refractivity contribution in [2.24, 2.45) is 0 Å². The van der Waals surface area contributed by atoms with Crippen LogP contribution in [0.2, 0.25) is 0 Å². The van der Waals surface area contributed by atoms with Gasteiger partial charge in [-0.05, 0) is 24.3 Å². The average Bonchev–Trinajstić information content (AvgIpc) is 3.00. The van der Waals surface area contributed by atoms with Crippen LogP contribution in [0, 0.1) is 0 Å². The van der Waals surface area contributed by atoms with Gasteiger partial charge in [-0.1, -0.05) is 0 Å². The van der Waals surface area contributed by atoms with Crippen LogP contribution in [0.1, 0.15) is 0 Å². The van der Waals surface area contributed by atoms with E-state index in [4.69, 9.17) is 10.2 Å². The van der Waals surface area contributed by atoms with Crippen molar-refractivity contribution in [1.82, 2.24) is 20.2 Å². The second kappa shape index (κ2) is 3.75. The molecule has 0 atom stereocenters. The average molecular weight is 227 g/mol. The summed E-state index contributed by atoms with van der Waals surface area (Å²) in [4.78, 5) is 8.29. The van der Waals surface area contributed by atoms with Gasteiger partial charge in [0.25, 0.3) is 0 Å². The van der Waals surface area contributed by atoms with E-state index in [1.807, 2.05) is 6.07 Å². The molecule has 6 nitrogen and oxygen atoms in total. The first-order chi connectivity index (χ1) is 8.34. The highest BCUT2D eigenvalue weighted by molar-refractivity contribution is 5.68. The Morgan fingerprint density at radius 1 is 1.24 bits per heavy atom. The molecule has 0 aromatic carbocycles. The van der Waals surface area contributed by atoms with E-state index in [9.17, 15) is 0 Å². The fourth-order valence-electron chi connectivity index (χ4n) is 1.51. The molecule has 3 heterocycles. The van der Waals surface area contributed by atoms with Crippen molar-refractivity contribution in [1.29, 1.82) is 0 Å². The Morgan fingerprint density at radius 2 is 2.18 bits per heavy atom. The number of nitrogens with one attached hydrogen (secondary N) is 1. The highest BCUT2D eigenvalue weighted by Crippen LogP contribution is 2.22. The SMILES string of the molecule is Nc1ncccc1-c1n[nH]c(-c2ccco2)n1. The van der Waals surface area contributed by atoms with Crippen LogP contribution in [0.15, 0.2) is 41.1 Å². The second-order valence-corrected chi connectivity index (χ2v) is 3.42. The van der Waals surface area contributed by atoms with Crippen LogP contribution in [-0.2, 0) is 0 Å². The van der Waals surface area contributed by atoms with Crippen molar-refractivity contribution in [3.8, 4) is 23.0 Å². The first-order valence-corrected chi connectivity index (χ1v) is 5.02. The van der Waals surface area contributed by atoms with Crippen molar-refractivity contribution >= 4 is 5.82 Å². The molecular formula is C11H9N5O. The maximum Gasteiger partial charge on any atom is 0.192 e. The Hall–Kier alpha value is -2.63. The highest BCUT2D eigenvalue weighted by Gasteiger charge is 2.11. The monoisotopic (exact) mass is 227 g/mol. The highest BCUT2D eigenvalue weighted by atomic mass is 16.3. The molecule has 0 aliphatic rings. The second-order valence-electron chi connectivity index (χ2n) is 3.42. The number of rotatable bonds is 2. The van der Waals surface area contributed by atoms with Gasteiger partial charge in [-0.3, -0.25) is 5.10 Å². The van der Waals surface area contributed by atoms with E-state index < -0.39 is 0 Å². The molecular weight excluding hydrogens is 218 g/mol. The summed E-state index contributed by atoms with van der Waals surface area (Å²) in [5, 5.41) is 6.88. The van der Waals surface area contributed by atoms with Gasteiger partial charge in [0.05, 0.1) is 11.8 Å². The summed E-state index contributed by atoms with van der Waals surface area (Å²) in [5.74, 6) is 2.10. The van der Waals surface area contributed by atoms with Crippen molar-refractivity contribution < 1.29 is 4.42 Å². The normalized spacial score (nSPS) is 10.6. The topological polar surface area (TPSA) is 93.6 Å². The molecule has 0 saturated heterocycles. The number of aromatic nitrogens is 4. The number of hydrogen-bond donors (Lipinski definition) is 2. The molecule has 0 spiro atoms. The first kappa shape index (κ1) is 9.59. The van der Waals surface area contributed by atoms with Gasteiger partial charge in [-0.2, -0.15) is 5.10 Å². The maximum absolute atomic E-state index is 5.75. The Morgan fingerprint density at radius 3 is 2.94 bits per heavy atom. The van der Waals surface area contributed by atoms with Crippen LogP contribution in [-0.4, -0.2) is 20.2 Å². The summed E-state index contributed by atoms with van der Waals surface area (Å²) in [7, 11) is 0. The van der Waals surface area contributed by atoms with E-state index in [2.05, 4.69) is 20.2 Å². The van der Waals surface area contributed by atoms with Crippen LogP contribution in [0.25, 0.3) is 23.0 Å². The zero-order chi connectivity index (χ0) is 11.7. The number of pyridine rings is 1. The smallest absolute Gasteiger partial charge is 0.192 e. The number of nitrogens with zero attached hydrogens (tertiary/aromatic N) is 3. The third-order valence-electron chi connectivity index (χ3n) is 2.32. The number of nitrogen functional groups attached to an aromatic ring is 1. The molecule has 0 fully saturated rings. The summed E-state index contributed by atoms with van der Waals surface area (Å²) >= 11 is 0. The molecule has 0 saturated carbocycles. The Kier molecular flexibility index (Phi) is 2.11. The van der Waals surface area contributed by atoms with Gasteiger partial charge in [0, 0.05) is 6.20 Å². The molecule has 84 valence electrons. The van der Waals surface area contributed by atoms with Crippen LogP contribution < -0.4 is 5.73 Å². The van der Waals surface area contributed by atoms with Gasteiger partial charge in [0.1, 0.15) is 5.82 Å². The molecule has 0 radical (unpaired) electrons. The minimum Gasteiger partial charge on any atom is -0.461 e. The molecule has 0 aliphatic heterocycles. The summed E-state index contributed by atoms with van der Waals surface area (Å²) in [6, 6.07) is 7.19. The molecule has 0 bridgehead atoms. The van der Waals surface area contributed by atoms with Crippen molar-refractivity contribution in [2.75, 3.05) is 5.73 Å². The van der Waals surface area contributed by atoms with E-state index in [1.54, 1.807) is 30.7 Å². The zero-order valence-electron chi connectivity index (χ0n) is 8.79. The fourth-order valence-corrected chi connectivity index (χ4v) is 1.51.